The number of nitrogens with one attached hydrogen (secondary N) is 1. The Bertz CT molecular complexity index is 1480. The number of carbonyl (C=O) groups excluding carboxylic acids is 2. The van der Waals surface area contributed by atoms with Gasteiger partial charge in [0.05, 0.1) is 6.26 Å². The summed E-state index contributed by atoms with van der Waals surface area (Å²) in [5.41, 5.74) is 4.59. The average Bonchev–Trinajstić information content (AvgIpc) is 3.03. The van der Waals surface area contributed by atoms with Gasteiger partial charge in [0.2, 0.25) is 10.0 Å². The molecule has 1 aliphatic rings. The largest absolute Gasteiger partial charge is 0.331 e. The van der Waals surface area contributed by atoms with Crippen LogP contribution in [0, 0.1) is 13.8 Å². The zero-order valence-electron chi connectivity index (χ0n) is 18.5. The van der Waals surface area contributed by atoms with E-state index in [1.165, 1.54) is 0 Å². The predicted octanol–water partition coefficient (Wildman–Crippen LogP) is 4.56. The second-order valence-corrected chi connectivity index (χ2v) is 10.4. The number of nitrogens with zero attached hydrogens (tertiary/aromatic N) is 1. The van der Waals surface area contributed by atoms with Crippen molar-refractivity contribution in [3.05, 3.63) is 87.6 Å². The summed E-state index contributed by atoms with van der Waals surface area (Å²) in [6.07, 6.45) is 6.27. The van der Waals surface area contributed by atoms with Gasteiger partial charge in [0.25, 0.3) is 5.91 Å². The van der Waals surface area contributed by atoms with E-state index < -0.39 is 15.9 Å². The lowest BCUT2D eigenvalue weighted by molar-refractivity contribution is -0.113. The van der Waals surface area contributed by atoms with Crippen molar-refractivity contribution >= 4 is 49.8 Å². The second kappa shape index (κ2) is 8.65. The molecule has 1 aromatic heterocycles. The standard InChI is InChI=1S/C25H23ClN2O4S/c1-15-8-9-16(2)17(12-15)14-28-21-11-10-18(26)13-20(21)23(19-6-4-5-7-22(19)29)24(28)25(30)27-33(3,31)32/h4-6,8-13H,7,14H2,1-3H3,(H,27,30). The SMILES string of the molecule is Cc1ccc(C)c(Cn2c(C(=O)NS(C)(=O)=O)c(C3=CC=CCC3=O)c3cc(Cl)ccc32)c1. The molecule has 1 aliphatic carbocycles. The lowest BCUT2D eigenvalue weighted by Crippen LogP contribution is -2.32. The Labute approximate surface area is 197 Å². The molecule has 1 amide bonds. The smallest absolute Gasteiger partial charge is 0.282 e. The first kappa shape index (κ1) is 23.0. The first-order chi connectivity index (χ1) is 15.5. The molecule has 0 fully saturated rings. The van der Waals surface area contributed by atoms with Gasteiger partial charge in [-0.3, -0.25) is 9.59 Å². The second-order valence-electron chi connectivity index (χ2n) is 8.24. The number of hydrogen-bond donors (Lipinski definition) is 1. The maximum absolute atomic E-state index is 13.3. The summed E-state index contributed by atoms with van der Waals surface area (Å²) in [5, 5.41) is 1.06. The van der Waals surface area contributed by atoms with Crippen LogP contribution in [0.1, 0.15) is 39.2 Å². The van der Waals surface area contributed by atoms with E-state index in [2.05, 4.69) is 4.72 Å². The van der Waals surface area contributed by atoms with Gasteiger partial charge >= 0.3 is 0 Å². The quantitative estimate of drug-likeness (QED) is 0.577. The number of aryl methyl sites for hydroxylation is 2. The van der Waals surface area contributed by atoms with Crippen LogP contribution in [0.3, 0.4) is 0 Å². The molecule has 0 aliphatic heterocycles. The number of sulfonamides is 1. The molecule has 0 spiro atoms. The number of rotatable bonds is 5. The van der Waals surface area contributed by atoms with Gasteiger partial charge in [-0.25, -0.2) is 13.1 Å². The van der Waals surface area contributed by atoms with E-state index in [4.69, 9.17) is 11.6 Å². The van der Waals surface area contributed by atoms with Crippen molar-refractivity contribution in [3.8, 4) is 0 Å². The number of allylic oxidation sites excluding steroid dienone is 4. The summed E-state index contributed by atoms with van der Waals surface area (Å²) in [6, 6.07) is 11.2. The third-order valence-corrected chi connectivity index (χ3v) is 6.41. The highest BCUT2D eigenvalue weighted by molar-refractivity contribution is 7.89. The molecule has 170 valence electrons. The lowest BCUT2D eigenvalue weighted by atomic mass is 9.93. The molecule has 0 radical (unpaired) electrons. The Hall–Kier alpha value is -3.16. The minimum atomic E-state index is -3.84. The molecule has 0 bridgehead atoms. The first-order valence-electron chi connectivity index (χ1n) is 10.4. The summed E-state index contributed by atoms with van der Waals surface area (Å²) in [4.78, 5) is 26.2. The van der Waals surface area contributed by atoms with Crippen LogP contribution in [0.4, 0.5) is 0 Å². The molecule has 3 aromatic rings. The number of benzene rings is 2. The highest BCUT2D eigenvalue weighted by Gasteiger charge is 2.29. The van der Waals surface area contributed by atoms with Crippen molar-refractivity contribution in [1.82, 2.24) is 9.29 Å². The van der Waals surface area contributed by atoms with E-state index in [1.54, 1.807) is 41.0 Å². The fourth-order valence-electron chi connectivity index (χ4n) is 4.12. The van der Waals surface area contributed by atoms with Crippen molar-refractivity contribution in [2.24, 2.45) is 0 Å². The highest BCUT2D eigenvalue weighted by atomic mass is 35.5. The van der Waals surface area contributed by atoms with Crippen molar-refractivity contribution < 1.29 is 18.0 Å². The molecule has 4 rings (SSSR count). The normalized spacial score (nSPS) is 13.9. The minimum absolute atomic E-state index is 0.105. The van der Waals surface area contributed by atoms with Gasteiger partial charge in [-0.15, -0.1) is 0 Å². The fraction of sp³-hybridized carbons (Fsp3) is 0.200. The molecular formula is C25H23ClN2O4S. The molecule has 0 unspecified atom stereocenters. The number of carbonyl (C=O) groups is 2. The van der Waals surface area contributed by atoms with Crippen LogP contribution in [0.15, 0.2) is 54.6 Å². The van der Waals surface area contributed by atoms with Gasteiger partial charge in [0, 0.05) is 40.0 Å². The molecule has 0 saturated carbocycles. The molecule has 1 heterocycles. The summed E-state index contributed by atoms with van der Waals surface area (Å²) < 4.78 is 27.7. The van der Waals surface area contributed by atoms with E-state index >= 15 is 0 Å². The zero-order chi connectivity index (χ0) is 23.9. The van der Waals surface area contributed by atoms with Gasteiger partial charge in [0.1, 0.15) is 5.69 Å². The van der Waals surface area contributed by atoms with E-state index in [-0.39, 0.29) is 17.9 Å². The third-order valence-electron chi connectivity index (χ3n) is 5.62. The lowest BCUT2D eigenvalue weighted by Gasteiger charge is -2.15. The van der Waals surface area contributed by atoms with Crippen molar-refractivity contribution in [3.63, 3.8) is 0 Å². The third kappa shape index (κ3) is 4.65. The van der Waals surface area contributed by atoms with Crippen LogP contribution >= 0.6 is 11.6 Å². The van der Waals surface area contributed by atoms with E-state index in [0.29, 0.717) is 33.6 Å². The van der Waals surface area contributed by atoms with Crippen molar-refractivity contribution in [1.29, 1.82) is 0 Å². The molecule has 8 heteroatoms. The molecular weight excluding hydrogens is 460 g/mol. The number of halogens is 1. The number of amides is 1. The van der Waals surface area contributed by atoms with E-state index in [9.17, 15) is 18.0 Å². The zero-order valence-corrected chi connectivity index (χ0v) is 20.0. The Balaban J connectivity index is 2.07. The maximum atomic E-state index is 13.3. The maximum Gasteiger partial charge on any atom is 0.282 e. The van der Waals surface area contributed by atoms with Crippen LogP contribution in [0.25, 0.3) is 16.5 Å². The molecule has 0 saturated heterocycles. The van der Waals surface area contributed by atoms with E-state index in [0.717, 1.165) is 22.9 Å². The van der Waals surface area contributed by atoms with Crippen LogP contribution < -0.4 is 4.72 Å². The minimum Gasteiger partial charge on any atom is -0.331 e. The summed E-state index contributed by atoms with van der Waals surface area (Å²) in [5.74, 6) is -0.954. The number of hydrogen-bond acceptors (Lipinski definition) is 4. The van der Waals surface area contributed by atoms with Crippen LogP contribution in [0.5, 0.6) is 0 Å². The predicted molar refractivity (Wildman–Crippen MR) is 131 cm³/mol. The molecule has 2 aromatic carbocycles. The monoisotopic (exact) mass is 482 g/mol. The Morgan fingerprint density at radius 2 is 1.91 bits per heavy atom. The number of ketones is 1. The molecule has 1 N–H and O–H groups in total. The van der Waals surface area contributed by atoms with Gasteiger partial charge in [-0.05, 0) is 43.2 Å². The Morgan fingerprint density at radius 3 is 2.61 bits per heavy atom. The van der Waals surface area contributed by atoms with Crippen LogP contribution in [-0.2, 0) is 21.4 Å². The first-order valence-corrected chi connectivity index (χ1v) is 12.6. The Morgan fingerprint density at radius 1 is 1.15 bits per heavy atom. The van der Waals surface area contributed by atoms with Crippen LogP contribution in [-0.4, -0.2) is 30.9 Å². The fourth-order valence-corrected chi connectivity index (χ4v) is 4.73. The highest BCUT2D eigenvalue weighted by Crippen LogP contribution is 2.36. The van der Waals surface area contributed by atoms with Gasteiger partial charge in [-0.2, -0.15) is 0 Å². The number of Topliss-reactive ketones (excluding diaryl/α,β-unsaturated/α-hetero) is 1. The number of fused-ring (bicyclic) bond motifs is 1. The topological polar surface area (TPSA) is 85.2 Å². The van der Waals surface area contributed by atoms with Gasteiger partial charge in [-0.1, -0.05) is 53.6 Å². The molecule has 33 heavy (non-hydrogen) atoms. The van der Waals surface area contributed by atoms with Crippen molar-refractivity contribution in [2.45, 2.75) is 26.8 Å². The van der Waals surface area contributed by atoms with Crippen LogP contribution in [0.2, 0.25) is 5.02 Å². The average molecular weight is 483 g/mol. The molecule has 6 nitrogen and oxygen atoms in total. The van der Waals surface area contributed by atoms with Gasteiger partial charge in [0.15, 0.2) is 5.78 Å². The number of aromatic nitrogens is 1. The van der Waals surface area contributed by atoms with Crippen molar-refractivity contribution in [2.75, 3.05) is 6.26 Å². The summed E-state index contributed by atoms with van der Waals surface area (Å²) in [6.45, 7) is 4.28. The molecule has 0 atom stereocenters. The summed E-state index contributed by atoms with van der Waals surface area (Å²) in [7, 11) is -3.84. The van der Waals surface area contributed by atoms with Gasteiger partial charge < -0.3 is 4.57 Å². The Kier molecular flexibility index (Phi) is 6.03. The van der Waals surface area contributed by atoms with E-state index in [1.807, 2.05) is 32.0 Å². The summed E-state index contributed by atoms with van der Waals surface area (Å²) >= 11 is 6.30.